The van der Waals surface area contributed by atoms with Crippen LogP contribution < -0.4 is 13.9 Å². The van der Waals surface area contributed by atoms with Gasteiger partial charge in [-0.05, 0) is 37.5 Å². The van der Waals surface area contributed by atoms with E-state index in [2.05, 4.69) is 30.1 Å². The van der Waals surface area contributed by atoms with Crippen LogP contribution in [0.1, 0.15) is 18.4 Å². The average molecular weight is 563 g/mol. The van der Waals surface area contributed by atoms with Crippen molar-refractivity contribution in [3.63, 3.8) is 0 Å². The van der Waals surface area contributed by atoms with E-state index in [0.717, 1.165) is 42.3 Å². The first-order valence-electron chi connectivity index (χ1n) is 12.1. The lowest BCUT2D eigenvalue weighted by atomic mass is 10.1. The van der Waals surface area contributed by atoms with E-state index in [1.165, 1.54) is 12.1 Å². The van der Waals surface area contributed by atoms with Gasteiger partial charge in [-0.2, -0.15) is 3.71 Å². The lowest BCUT2D eigenvalue weighted by molar-refractivity contribution is -0.117. The Kier molecular flexibility index (Phi) is 6.55. The van der Waals surface area contributed by atoms with Crippen molar-refractivity contribution in [1.29, 1.82) is 0 Å². The zero-order chi connectivity index (χ0) is 27.4. The van der Waals surface area contributed by atoms with E-state index < -0.39 is 20.0 Å². The number of imidazole rings is 1. The average Bonchev–Trinajstić information content (AvgIpc) is 3.31. The maximum absolute atomic E-state index is 13.0. The number of hydrogen-bond acceptors (Lipinski definition) is 10. The van der Waals surface area contributed by atoms with Crippen molar-refractivity contribution in [3.05, 3.63) is 36.4 Å². The molecule has 0 spiro atoms. The highest BCUT2D eigenvalue weighted by Crippen LogP contribution is 2.36. The van der Waals surface area contributed by atoms with Crippen molar-refractivity contribution in [2.24, 2.45) is 7.05 Å². The van der Waals surface area contributed by atoms with Crippen LogP contribution in [-0.4, -0.2) is 91.4 Å². The second-order valence-electron chi connectivity index (χ2n) is 9.98. The summed E-state index contributed by atoms with van der Waals surface area (Å²) in [6, 6.07) is 4.71. The fourth-order valence-electron chi connectivity index (χ4n) is 5.47. The highest BCUT2D eigenvalue weighted by Gasteiger charge is 2.42. The van der Waals surface area contributed by atoms with Gasteiger partial charge < -0.3 is 14.8 Å². The summed E-state index contributed by atoms with van der Waals surface area (Å²) < 4.78 is 50.9. The van der Waals surface area contributed by atoms with Gasteiger partial charge in [-0.25, -0.2) is 31.8 Å². The smallest absolute Gasteiger partial charge is 0.245 e. The minimum absolute atomic E-state index is 0.0618. The molecule has 13 nitrogen and oxygen atoms in total. The molecule has 3 aromatic rings. The summed E-state index contributed by atoms with van der Waals surface area (Å²) in [5, 5.41) is 2.83. The second kappa shape index (κ2) is 9.47. The minimum Gasteiger partial charge on any atom is -0.346 e. The van der Waals surface area contributed by atoms with Gasteiger partial charge in [0.2, 0.25) is 26.0 Å². The van der Waals surface area contributed by atoms with Crippen LogP contribution in [0.25, 0.3) is 11.2 Å². The predicted molar refractivity (Wildman–Crippen MR) is 144 cm³/mol. The normalized spacial score (nSPS) is 20.2. The molecule has 5 rings (SSSR count). The molecule has 1 N–H and O–H groups in total. The van der Waals surface area contributed by atoms with Gasteiger partial charge in [0, 0.05) is 37.9 Å². The molecule has 204 valence electrons. The van der Waals surface area contributed by atoms with Crippen LogP contribution in [0.4, 0.5) is 17.2 Å². The number of hydrogen-bond donors (Lipinski definition) is 1. The van der Waals surface area contributed by atoms with E-state index in [9.17, 15) is 21.6 Å². The number of carbonyl (C=O) groups excluding carboxylic acids is 1. The van der Waals surface area contributed by atoms with Crippen molar-refractivity contribution in [2.45, 2.75) is 31.8 Å². The first kappa shape index (κ1) is 26.3. The number of rotatable bonds is 7. The summed E-state index contributed by atoms with van der Waals surface area (Å²) in [5.41, 5.74) is 2.51. The van der Waals surface area contributed by atoms with Gasteiger partial charge in [-0.1, -0.05) is 6.07 Å². The largest absolute Gasteiger partial charge is 0.346 e. The molecule has 4 heterocycles. The zero-order valence-electron chi connectivity index (χ0n) is 21.6. The van der Waals surface area contributed by atoms with Gasteiger partial charge in [0.25, 0.3) is 0 Å². The molecule has 1 aromatic carbocycles. The van der Waals surface area contributed by atoms with Crippen molar-refractivity contribution in [3.8, 4) is 0 Å². The molecule has 1 amide bonds. The molecule has 0 radical (unpaired) electrons. The second-order valence-corrected chi connectivity index (χ2v) is 13.9. The van der Waals surface area contributed by atoms with Crippen molar-refractivity contribution in [1.82, 2.24) is 24.4 Å². The molecule has 15 heteroatoms. The molecule has 2 bridgehead atoms. The van der Waals surface area contributed by atoms with Crippen molar-refractivity contribution in [2.75, 3.05) is 46.1 Å². The van der Waals surface area contributed by atoms with Crippen LogP contribution in [-0.2, 0) is 31.9 Å². The Labute approximate surface area is 221 Å². The van der Waals surface area contributed by atoms with E-state index >= 15 is 0 Å². The van der Waals surface area contributed by atoms with Crippen LogP contribution in [0.15, 0.2) is 30.9 Å². The molecule has 38 heavy (non-hydrogen) atoms. The maximum Gasteiger partial charge on any atom is 0.245 e. The van der Waals surface area contributed by atoms with E-state index in [-0.39, 0.29) is 30.2 Å². The molecule has 2 aliphatic rings. The van der Waals surface area contributed by atoms with Crippen LogP contribution >= 0.6 is 0 Å². The lowest BCUT2D eigenvalue weighted by Crippen LogP contribution is -2.55. The number of fused-ring (bicyclic) bond motifs is 3. The number of aromatic nitrogens is 4. The van der Waals surface area contributed by atoms with Crippen LogP contribution in [0.3, 0.4) is 0 Å². The summed E-state index contributed by atoms with van der Waals surface area (Å²) in [5.74, 6) is 0.554. The van der Waals surface area contributed by atoms with Gasteiger partial charge in [0.1, 0.15) is 6.33 Å². The van der Waals surface area contributed by atoms with E-state index in [0.29, 0.717) is 28.1 Å². The first-order chi connectivity index (χ1) is 17.8. The molecule has 2 fully saturated rings. The number of sulfonamides is 2. The van der Waals surface area contributed by atoms with Gasteiger partial charge in [-0.15, -0.1) is 0 Å². The monoisotopic (exact) mass is 562 g/mol. The number of aryl methyl sites for hydroxylation is 2. The number of piperazine rings is 1. The minimum atomic E-state index is -4.10. The maximum atomic E-state index is 13.0. The summed E-state index contributed by atoms with van der Waals surface area (Å²) in [4.78, 5) is 30.8. The van der Waals surface area contributed by atoms with Gasteiger partial charge >= 0.3 is 0 Å². The zero-order valence-corrected chi connectivity index (χ0v) is 23.2. The van der Waals surface area contributed by atoms with Crippen LogP contribution in [0.5, 0.6) is 0 Å². The Morgan fingerprint density at radius 2 is 1.71 bits per heavy atom. The van der Waals surface area contributed by atoms with Crippen LogP contribution in [0.2, 0.25) is 0 Å². The number of carbonyl (C=O) groups is 1. The number of benzene rings is 1. The number of anilines is 3. The molecule has 2 aliphatic heterocycles. The predicted octanol–water partition coefficient (Wildman–Crippen LogP) is 0.689. The van der Waals surface area contributed by atoms with E-state index in [4.69, 9.17) is 0 Å². The fraction of sp³-hybridized carbons (Fsp3) is 0.478. The standard InChI is InChI=1S/C23H30N8O5S2/c1-15-5-6-16(31(37(3,33)34)38(4,35)36)9-19(15)27-20(32)12-29-10-17-7-8-18(11-29)30(17)23-21-22(24-13-25-23)28(2)14-26-21/h5-6,9,13-14,17-18H,7-8,10-12H2,1-4H3,(H,27,32). The molecule has 0 saturated carbocycles. The summed E-state index contributed by atoms with van der Waals surface area (Å²) in [6.45, 7) is 3.26. The topological polar surface area (TPSA) is 151 Å². The molecular weight excluding hydrogens is 532 g/mol. The van der Waals surface area contributed by atoms with Gasteiger partial charge in [0.15, 0.2) is 17.0 Å². The Balaban J connectivity index is 1.30. The Bertz CT molecular complexity index is 1580. The number of likely N-dealkylation sites (tertiary alicyclic amines) is 1. The fourth-order valence-corrected chi connectivity index (χ4v) is 8.43. The highest BCUT2D eigenvalue weighted by molar-refractivity contribution is 8.09. The van der Waals surface area contributed by atoms with Crippen molar-refractivity contribution < 1.29 is 21.6 Å². The quantitative estimate of drug-likeness (QED) is 0.436. The highest BCUT2D eigenvalue weighted by atomic mass is 32.3. The number of amides is 1. The molecule has 2 aromatic heterocycles. The third kappa shape index (κ3) is 4.92. The van der Waals surface area contributed by atoms with E-state index in [1.54, 1.807) is 25.6 Å². The SMILES string of the molecule is Cc1ccc(N(S(C)(=O)=O)S(C)(=O)=O)cc1NC(=O)CN1CC2CCC(C1)N2c1ncnc2c1ncn2C. The Hall–Kier alpha value is -3.30. The molecule has 2 saturated heterocycles. The summed E-state index contributed by atoms with van der Waals surface area (Å²) in [6.07, 6.45) is 6.89. The summed E-state index contributed by atoms with van der Waals surface area (Å²) in [7, 11) is -6.30. The Morgan fingerprint density at radius 1 is 1.05 bits per heavy atom. The van der Waals surface area contributed by atoms with Gasteiger partial charge in [0.05, 0.1) is 31.1 Å². The third-order valence-corrected chi connectivity index (χ3v) is 10.2. The molecule has 2 atom stereocenters. The molecule has 2 unspecified atom stereocenters. The first-order valence-corrected chi connectivity index (χ1v) is 15.8. The van der Waals surface area contributed by atoms with E-state index in [1.807, 2.05) is 11.6 Å². The lowest BCUT2D eigenvalue weighted by Gasteiger charge is -2.41. The van der Waals surface area contributed by atoms with Gasteiger partial charge in [-0.3, -0.25) is 9.69 Å². The Morgan fingerprint density at radius 3 is 2.34 bits per heavy atom. The van der Waals surface area contributed by atoms with Crippen molar-refractivity contribution >= 4 is 54.3 Å². The van der Waals surface area contributed by atoms with Crippen LogP contribution in [0, 0.1) is 6.92 Å². The molecular formula is C23H30N8O5S2. The molecule has 0 aliphatic carbocycles. The third-order valence-electron chi connectivity index (χ3n) is 6.96. The summed E-state index contributed by atoms with van der Waals surface area (Å²) >= 11 is 0. The number of nitrogens with one attached hydrogen (secondary N) is 1. The number of nitrogens with zero attached hydrogens (tertiary/aromatic N) is 7.